The Balaban J connectivity index is 1.44. The Bertz CT molecular complexity index is 720. The molecule has 2 heterocycles. The van der Waals surface area contributed by atoms with Crippen LogP contribution in [0.4, 0.5) is 11.6 Å². The fourth-order valence-electron chi connectivity index (χ4n) is 2.69. The Hall–Kier alpha value is -1.89. The number of nitrogens with zero attached hydrogens (tertiary/aromatic N) is 4. The van der Waals surface area contributed by atoms with Gasteiger partial charge in [-0.3, -0.25) is 9.69 Å². The summed E-state index contributed by atoms with van der Waals surface area (Å²) < 4.78 is 0. The first-order valence-corrected chi connectivity index (χ1v) is 8.86. The van der Waals surface area contributed by atoms with E-state index >= 15 is 0 Å². The third kappa shape index (κ3) is 5.04. The average molecular weight is 380 g/mol. The summed E-state index contributed by atoms with van der Waals surface area (Å²) in [5.74, 6) is 0.688. The van der Waals surface area contributed by atoms with Gasteiger partial charge in [-0.15, -0.1) is 0 Å². The zero-order valence-electron chi connectivity index (χ0n) is 13.7. The monoisotopic (exact) mass is 379 g/mol. The van der Waals surface area contributed by atoms with Crippen molar-refractivity contribution >= 4 is 40.7 Å². The topological polar surface area (TPSA) is 61.4 Å². The van der Waals surface area contributed by atoms with E-state index in [1.165, 1.54) is 0 Å². The lowest BCUT2D eigenvalue weighted by atomic mass is 10.2. The molecule has 1 N–H and O–H groups in total. The second-order valence-electron chi connectivity index (χ2n) is 5.80. The van der Waals surface area contributed by atoms with Crippen molar-refractivity contribution in [2.45, 2.75) is 6.42 Å². The van der Waals surface area contributed by atoms with Crippen molar-refractivity contribution in [3.8, 4) is 0 Å². The Kier molecular flexibility index (Phi) is 6.07. The lowest BCUT2D eigenvalue weighted by Crippen LogP contribution is -2.47. The van der Waals surface area contributed by atoms with E-state index < -0.39 is 0 Å². The number of aromatic nitrogens is 2. The summed E-state index contributed by atoms with van der Waals surface area (Å²) in [6.45, 7) is 4.16. The third-order valence-electron chi connectivity index (χ3n) is 4.06. The van der Waals surface area contributed by atoms with Crippen LogP contribution in [0.15, 0.2) is 36.7 Å². The average Bonchev–Trinajstić information content (AvgIpc) is 2.64. The Morgan fingerprint density at radius 1 is 1.12 bits per heavy atom. The van der Waals surface area contributed by atoms with Crippen molar-refractivity contribution in [1.82, 2.24) is 14.9 Å². The van der Waals surface area contributed by atoms with E-state index in [9.17, 15) is 4.79 Å². The van der Waals surface area contributed by atoms with Crippen LogP contribution in [0.5, 0.6) is 0 Å². The lowest BCUT2D eigenvalue weighted by Gasteiger charge is -2.34. The van der Waals surface area contributed by atoms with Crippen molar-refractivity contribution in [1.29, 1.82) is 0 Å². The molecule has 25 heavy (non-hydrogen) atoms. The van der Waals surface area contributed by atoms with Gasteiger partial charge in [-0.1, -0.05) is 23.2 Å². The Morgan fingerprint density at radius 2 is 1.84 bits per heavy atom. The first-order valence-electron chi connectivity index (χ1n) is 8.11. The summed E-state index contributed by atoms with van der Waals surface area (Å²) in [5.41, 5.74) is 0.546. The quantitative estimate of drug-likeness (QED) is 0.864. The van der Waals surface area contributed by atoms with Gasteiger partial charge in [0.25, 0.3) is 0 Å². The highest BCUT2D eigenvalue weighted by atomic mass is 35.5. The minimum absolute atomic E-state index is 0.0713. The maximum Gasteiger partial charge on any atom is 0.225 e. The van der Waals surface area contributed by atoms with Gasteiger partial charge in [-0.05, 0) is 24.3 Å². The van der Waals surface area contributed by atoms with Gasteiger partial charge in [-0.2, -0.15) is 0 Å². The summed E-state index contributed by atoms with van der Waals surface area (Å²) in [6.07, 6.45) is 3.91. The van der Waals surface area contributed by atoms with E-state index in [2.05, 4.69) is 25.1 Å². The summed E-state index contributed by atoms with van der Waals surface area (Å²) in [4.78, 5) is 25.1. The van der Waals surface area contributed by atoms with Gasteiger partial charge >= 0.3 is 0 Å². The number of amides is 1. The fourth-order valence-corrected chi connectivity index (χ4v) is 3.03. The van der Waals surface area contributed by atoms with E-state index in [0.717, 1.165) is 32.1 Å². The standard InChI is InChI=1S/C17H19Cl2N5O/c18-13-2-3-14(19)15(12-13)22-16(25)4-7-23-8-10-24(11-9-23)17-20-5-1-6-21-17/h1-3,5-6,12H,4,7-11H2,(H,22,25). The predicted molar refractivity (Wildman–Crippen MR) is 100 cm³/mol. The third-order valence-corrected chi connectivity index (χ3v) is 4.63. The smallest absolute Gasteiger partial charge is 0.225 e. The van der Waals surface area contributed by atoms with Crippen LogP contribution in [-0.4, -0.2) is 53.5 Å². The largest absolute Gasteiger partial charge is 0.338 e. The Morgan fingerprint density at radius 3 is 2.56 bits per heavy atom. The first-order chi connectivity index (χ1) is 12.1. The van der Waals surface area contributed by atoms with Crippen LogP contribution in [0.3, 0.4) is 0 Å². The number of anilines is 2. The molecule has 3 rings (SSSR count). The van der Waals surface area contributed by atoms with Crippen LogP contribution in [-0.2, 0) is 4.79 Å². The number of piperazine rings is 1. The fraction of sp³-hybridized carbons (Fsp3) is 0.353. The van der Waals surface area contributed by atoms with Gasteiger partial charge in [0.2, 0.25) is 11.9 Å². The molecule has 0 saturated carbocycles. The summed E-state index contributed by atoms with van der Waals surface area (Å²) in [7, 11) is 0. The molecule has 0 atom stereocenters. The highest BCUT2D eigenvalue weighted by Crippen LogP contribution is 2.25. The molecule has 1 aromatic carbocycles. The highest BCUT2D eigenvalue weighted by molar-refractivity contribution is 6.35. The van der Waals surface area contributed by atoms with Crippen LogP contribution in [0, 0.1) is 0 Å². The molecule has 0 aliphatic carbocycles. The summed E-state index contributed by atoms with van der Waals surface area (Å²) >= 11 is 12.0. The first kappa shape index (κ1) is 17.9. The lowest BCUT2D eigenvalue weighted by molar-refractivity contribution is -0.116. The maximum atomic E-state index is 12.1. The molecule has 1 fully saturated rings. The zero-order valence-corrected chi connectivity index (χ0v) is 15.2. The van der Waals surface area contributed by atoms with Gasteiger partial charge in [0.1, 0.15) is 0 Å². The number of benzene rings is 1. The van der Waals surface area contributed by atoms with Gasteiger partial charge in [0.05, 0.1) is 10.7 Å². The van der Waals surface area contributed by atoms with Crippen LogP contribution in [0.2, 0.25) is 10.0 Å². The van der Waals surface area contributed by atoms with Gasteiger partial charge in [0.15, 0.2) is 0 Å². The molecule has 0 unspecified atom stereocenters. The molecule has 1 saturated heterocycles. The van der Waals surface area contributed by atoms with Crippen LogP contribution < -0.4 is 10.2 Å². The van der Waals surface area contributed by atoms with Crippen molar-refractivity contribution in [3.05, 3.63) is 46.7 Å². The second kappa shape index (κ2) is 8.47. The van der Waals surface area contributed by atoms with Crippen molar-refractivity contribution < 1.29 is 4.79 Å². The SMILES string of the molecule is O=C(CCN1CCN(c2ncccn2)CC1)Nc1cc(Cl)ccc1Cl. The molecule has 0 spiro atoms. The molecule has 132 valence electrons. The van der Waals surface area contributed by atoms with Crippen LogP contribution in [0.1, 0.15) is 6.42 Å². The summed E-state index contributed by atoms with van der Waals surface area (Å²) in [6, 6.07) is 6.82. The Labute approximate surface area is 156 Å². The highest BCUT2D eigenvalue weighted by Gasteiger charge is 2.19. The van der Waals surface area contributed by atoms with Crippen molar-refractivity contribution in [2.24, 2.45) is 0 Å². The molecule has 1 aliphatic rings. The molecule has 6 nitrogen and oxygen atoms in total. The number of nitrogens with one attached hydrogen (secondary N) is 1. The van der Waals surface area contributed by atoms with Gasteiger partial charge in [0, 0.05) is 56.6 Å². The number of hydrogen-bond donors (Lipinski definition) is 1. The van der Waals surface area contributed by atoms with Crippen molar-refractivity contribution in [3.63, 3.8) is 0 Å². The van der Waals surface area contributed by atoms with E-state index in [1.54, 1.807) is 30.6 Å². The van der Waals surface area contributed by atoms with Crippen LogP contribution >= 0.6 is 23.2 Å². The van der Waals surface area contributed by atoms with Gasteiger partial charge < -0.3 is 10.2 Å². The predicted octanol–water partition coefficient (Wildman–Crippen LogP) is 2.93. The molecular formula is C17H19Cl2N5O. The molecule has 1 amide bonds. The number of rotatable bonds is 5. The number of halogens is 2. The normalized spacial score (nSPS) is 15.2. The van der Waals surface area contributed by atoms with E-state index in [4.69, 9.17) is 23.2 Å². The molecule has 8 heteroatoms. The molecule has 1 aromatic heterocycles. The molecule has 1 aliphatic heterocycles. The minimum atomic E-state index is -0.0713. The van der Waals surface area contributed by atoms with E-state index in [-0.39, 0.29) is 5.91 Å². The number of carbonyl (C=O) groups excluding carboxylic acids is 1. The zero-order chi connectivity index (χ0) is 17.6. The maximum absolute atomic E-state index is 12.1. The molecular weight excluding hydrogens is 361 g/mol. The van der Waals surface area contributed by atoms with Gasteiger partial charge in [-0.25, -0.2) is 9.97 Å². The summed E-state index contributed by atoms with van der Waals surface area (Å²) in [5, 5.41) is 3.83. The number of hydrogen-bond acceptors (Lipinski definition) is 5. The van der Waals surface area contributed by atoms with Crippen LogP contribution in [0.25, 0.3) is 0 Å². The molecule has 0 radical (unpaired) electrons. The molecule has 0 bridgehead atoms. The van der Waals surface area contributed by atoms with E-state index in [1.807, 2.05) is 6.07 Å². The number of carbonyl (C=O) groups is 1. The second-order valence-corrected chi connectivity index (χ2v) is 6.64. The van der Waals surface area contributed by atoms with Crippen molar-refractivity contribution in [2.75, 3.05) is 42.9 Å². The minimum Gasteiger partial charge on any atom is -0.338 e. The van der Waals surface area contributed by atoms with E-state index in [0.29, 0.717) is 28.7 Å². The molecule has 2 aromatic rings.